The molecule has 2 amide bonds. The number of hydrogen-bond acceptors (Lipinski definition) is 7. The highest BCUT2D eigenvalue weighted by Gasteiger charge is 2.31. The normalized spacial score (nSPS) is 17.9. The van der Waals surface area contributed by atoms with Gasteiger partial charge in [-0.25, -0.2) is 0 Å². The maximum Gasteiger partial charge on any atom is 0.573 e. The Bertz CT molecular complexity index is 1260. The molecule has 1 unspecified atom stereocenters. The third-order valence-electron chi connectivity index (χ3n) is 6.72. The summed E-state index contributed by atoms with van der Waals surface area (Å²) in [6.07, 6.45) is -0.778. The standard InChI is InChI=1S/C28H31F3N4O5/c29-28(30,31)40-22-6-3-18(4-7-22)14-26(37)35-11-9-21(10-12-35)39-25-8-5-19(15-23(25)27(32)38)24-17-33-20(16-34-24)2-1-13-36/h3-8,15,17,20-21,36H,1-2,9-14,16H2,(H2,32,38). The highest BCUT2D eigenvalue weighted by atomic mass is 19.4. The molecule has 214 valence electrons. The number of carbonyl (C=O) groups excluding carboxylic acids is 2. The Hall–Kier alpha value is -3.93. The summed E-state index contributed by atoms with van der Waals surface area (Å²) in [7, 11) is 0. The van der Waals surface area contributed by atoms with E-state index in [4.69, 9.17) is 15.6 Å². The van der Waals surface area contributed by atoms with E-state index in [1.807, 2.05) is 0 Å². The smallest absolute Gasteiger partial charge is 0.489 e. The number of aliphatic hydroxyl groups excluding tert-OH is 1. The third kappa shape index (κ3) is 8.04. The molecule has 12 heteroatoms. The van der Waals surface area contributed by atoms with Crippen LogP contribution in [-0.2, 0) is 11.2 Å². The molecule has 4 rings (SSSR count). The number of piperidine rings is 1. The summed E-state index contributed by atoms with van der Waals surface area (Å²) >= 11 is 0. The lowest BCUT2D eigenvalue weighted by Gasteiger charge is -2.32. The number of amides is 2. The number of hydrogen-bond donors (Lipinski definition) is 2. The van der Waals surface area contributed by atoms with Crippen LogP contribution in [0.1, 0.15) is 47.2 Å². The maximum atomic E-state index is 12.7. The number of aliphatic hydroxyl groups is 1. The second kappa shape index (κ2) is 12.9. The summed E-state index contributed by atoms with van der Waals surface area (Å²) in [6.45, 7) is 1.49. The van der Waals surface area contributed by atoms with E-state index in [1.54, 1.807) is 29.3 Å². The van der Waals surface area contributed by atoms with Crippen molar-refractivity contribution in [3.8, 4) is 11.5 Å². The molecule has 2 aliphatic rings. The zero-order valence-corrected chi connectivity index (χ0v) is 21.8. The molecule has 40 heavy (non-hydrogen) atoms. The van der Waals surface area contributed by atoms with Crippen LogP contribution in [0.4, 0.5) is 13.2 Å². The summed E-state index contributed by atoms with van der Waals surface area (Å²) in [6, 6.07) is 10.4. The first-order valence-corrected chi connectivity index (χ1v) is 13.0. The summed E-state index contributed by atoms with van der Waals surface area (Å²) in [5.41, 5.74) is 7.79. The zero-order valence-electron chi connectivity index (χ0n) is 21.8. The molecule has 0 saturated carbocycles. The zero-order chi connectivity index (χ0) is 28.7. The van der Waals surface area contributed by atoms with Crippen molar-refractivity contribution in [3.05, 3.63) is 59.2 Å². The molecule has 2 aromatic rings. The van der Waals surface area contributed by atoms with E-state index in [0.29, 0.717) is 61.5 Å². The Kier molecular flexibility index (Phi) is 9.41. The van der Waals surface area contributed by atoms with Gasteiger partial charge in [0.15, 0.2) is 0 Å². The Morgan fingerprint density at radius 1 is 1.10 bits per heavy atom. The molecule has 0 bridgehead atoms. The van der Waals surface area contributed by atoms with Crippen LogP contribution < -0.4 is 15.2 Å². The molecule has 0 aliphatic carbocycles. The number of alkyl halides is 3. The van der Waals surface area contributed by atoms with Gasteiger partial charge in [-0.15, -0.1) is 13.2 Å². The molecule has 1 saturated heterocycles. The summed E-state index contributed by atoms with van der Waals surface area (Å²) in [5, 5.41) is 8.99. The SMILES string of the molecule is NC(=O)c1cc(C2=NCC(CCCO)N=C2)ccc1OC1CCN(C(=O)Cc2ccc(OC(F)(F)F)cc2)CC1. The van der Waals surface area contributed by atoms with Crippen LogP contribution in [0.3, 0.4) is 0 Å². The van der Waals surface area contributed by atoms with Crippen LogP contribution in [0.2, 0.25) is 0 Å². The molecule has 1 fully saturated rings. The van der Waals surface area contributed by atoms with Gasteiger partial charge in [-0.05, 0) is 48.7 Å². The first-order valence-electron chi connectivity index (χ1n) is 13.0. The van der Waals surface area contributed by atoms with Gasteiger partial charge in [0, 0.05) is 44.3 Å². The third-order valence-corrected chi connectivity index (χ3v) is 6.72. The second-order valence-corrected chi connectivity index (χ2v) is 9.67. The molecule has 0 aromatic heterocycles. The first kappa shape index (κ1) is 29.1. The van der Waals surface area contributed by atoms with Crippen LogP contribution >= 0.6 is 0 Å². The fourth-order valence-corrected chi connectivity index (χ4v) is 4.61. The first-order chi connectivity index (χ1) is 19.1. The summed E-state index contributed by atoms with van der Waals surface area (Å²) in [5.74, 6) is -0.756. The predicted octanol–water partition coefficient (Wildman–Crippen LogP) is 3.31. The lowest BCUT2D eigenvalue weighted by Crippen LogP contribution is -2.42. The van der Waals surface area contributed by atoms with Crippen molar-refractivity contribution in [2.24, 2.45) is 15.7 Å². The minimum atomic E-state index is -4.77. The van der Waals surface area contributed by atoms with Crippen molar-refractivity contribution in [1.82, 2.24) is 4.90 Å². The van der Waals surface area contributed by atoms with Crippen molar-refractivity contribution in [1.29, 1.82) is 0 Å². The predicted molar refractivity (Wildman–Crippen MR) is 142 cm³/mol. The van der Waals surface area contributed by atoms with Gasteiger partial charge in [0.25, 0.3) is 5.91 Å². The molecule has 0 radical (unpaired) electrons. The average Bonchev–Trinajstić information content (AvgIpc) is 2.93. The highest BCUT2D eigenvalue weighted by molar-refractivity contribution is 6.38. The quantitative estimate of drug-likeness (QED) is 0.461. The van der Waals surface area contributed by atoms with Gasteiger partial charge in [0.1, 0.15) is 17.6 Å². The maximum absolute atomic E-state index is 12.7. The Morgan fingerprint density at radius 2 is 1.82 bits per heavy atom. The Morgan fingerprint density at radius 3 is 2.42 bits per heavy atom. The number of rotatable bonds is 10. The average molecular weight is 561 g/mol. The van der Waals surface area contributed by atoms with E-state index in [0.717, 1.165) is 6.42 Å². The van der Waals surface area contributed by atoms with Gasteiger partial charge in [0.05, 0.1) is 30.3 Å². The summed E-state index contributed by atoms with van der Waals surface area (Å²) < 4.78 is 47.0. The van der Waals surface area contributed by atoms with Gasteiger partial charge < -0.3 is 25.2 Å². The largest absolute Gasteiger partial charge is 0.573 e. The molecule has 3 N–H and O–H groups in total. The highest BCUT2D eigenvalue weighted by Crippen LogP contribution is 2.26. The van der Waals surface area contributed by atoms with Crippen LogP contribution in [0.25, 0.3) is 0 Å². The van der Waals surface area contributed by atoms with Crippen LogP contribution in [0.5, 0.6) is 11.5 Å². The monoisotopic (exact) mass is 560 g/mol. The van der Waals surface area contributed by atoms with E-state index in [9.17, 15) is 22.8 Å². The van der Waals surface area contributed by atoms with Crippen molar-refractivity contribution >= 4 is 23.7 Å². The van der Waals surface area contributed by atoms with E-state index in [-0.39, 0.29) is 42.4 Å². The van der Waals surface area contributed by atoms with Crippen molar-refractivity contribution in [2.45, 2.75) is 50.6 Å². The Labute approximate surface area is 229 Å². The fraction of sp³-hybridized carbons (Fsp3) is 0.429. The Balaban J connectivity index is 1.30. The van der Waals surface area contributed by atoms with E-state index >= 15 is 0 Å². The molecule has 0 spiro atoms. The molecule has 1 atom stereocenters. The number of primary amides is 1. The van der Waals surface area contributed by atoms with Crippen LogP contribution in [0, 0.1) is 0 Å². The fourth-order valence-electron chi connectivity index (χ4n) is 4.61. The number of nitrogens with zero attached hydrogens (tertiary/aromatic N) is 3. The van der Waals surface area contributed by atoms with Crippen LogP contribution in [-0.4, -0.2) is 78.5 Å². The van der Waals surface area contributed by atoms with Crippen molar-refractivity contribution in [3.63, 3.8) is 0 Å². The van der Waals surface area contributed by atoms with Crippen LogP contribution in [0.15, 0.2) is 52.4 Å². The lowest BCUT2D eigenvalue weighted by molar-refractivity contribution is -0.274. The van der Waals surface area contributed by atoms with E-state index in [1.165, 1.54) is 24.3 Å². The molecule has 2 aromatic carbocycles. The van der Waals surface area contributed by atoms with Gasteiger partial charge in [0.2, 0.25) is 5.91 Å². The number of likely N-dealkylation sites (tertiary alicyclic amines) is 1. The number of nitrogens with two attached hydrogens (primary N) is 1. The molecular weight excluding hydrogens is 529 g/mol. The number of halogens is 3. The van der Waals surface area contributed by atoms with Gasteiger partial charge in [-0.1, -0.05) is 12.1 Å². The second-order valence-electron chi connectivity index (χ2n) is 9.67. The number of aliphatic imine (C=N–C) groups is 2. The lowest BCUT2D eigenvalue weighted by atomic mass is 10.0. The van der Waals surface area contributed by atoms with Crippen molar-refractivity contribution in [2.75, 3.05) is 26.2 Å². The molecule has 2 aliphatic heterocycles. The van der Waals surface area contributed by atoms with Gasteiger partial charge >= 0.3 is 6.36 Å². The summed E-state index contributed by atoms with van der Waals surface area (Å²) in [4.78, 5) is 35.7. The van der Waals surface area contributed by atoms with Crippen molar-refractivity contribution < 1.29 is 37.3 Å². The van der Waals surface area contributed by atoms with E-state index < -0.39 is 12.3 Å². The molecule has 9 nitrogen and oxygen atoms in total. The van der Waals surface area contributed by atoms with Gasteiger partial charge in [-0.2, -0.15) is 0 Å². The molecular formula is C28H31F3N4O5. The minimum absolute atomic E-state index is 0.0327. The van der Waals surface area contributed by atoms with Gasteiger partial charge in [-0.3, -0.25) is 19.6 Å². The van der Waals surface area contributed by atoms with E-state index in [2.05, 4.69) is 14.7 Å². The topological polar surface area (TPSA) is 127 Å². The number of carbonyl (C=O) groups is 2. The minimum Gasteiger partial charge on any atom is -0.489 e. The number of ether oxygens (including phenoxy) is 2. The molecule has 2 heterocycles. The number of benzene rings is 2.